The lowest BCUT2D eigenvalue weighted by Crippen LogP contribution is -2.16. The first-order chi connectivity index (χ1) is 9.66. The second-order valence-electron chi connectivity index (χ2n) is 4.31. The predicted octanol–water partition coefficient (Wildman–Crippen LogP) is 2.29. The zero-order valence-corrected chi connectivity index (χ0v) is 10.3. The summed E-state index contributed by atoms with van der Waals surface area (Å²) in [7, 11) is 0. The Morgan fingerprint density at radius 3 is 2.80 bits per heavy atom. The van der Waals surface area contributed by atoms with Crippen molar-refractivity contribution in [3.63, 3.8) is 0 Å². The Morgan fingerprint density at radius 2 is 2.00 bits per heavy atom. The average molecular weight is 266 g/mol. The van der Waals surface area contributed by atoms with Crippen molar-refractivity contribution in [3.8, 4) is 11.1 Å². The Kier molecular flexibility index (Phi) is 2.80. The van der Waals surface area contributed by atoms with Gasteiger partial charge in [-0.2, -0.15) is 0 Å². The summed E-state index contributed by atoms with van der Waals surface area (Å²) in [5.41, 5.74) is 1.39. The molecule has 5 heteroatoms. The number of carboxylic acid groups (broad SMARTS) is 1. The molecular weight excluding hydrogens is 256 g/mol. The van der Waals surface area contributed by atoms with Crippen LogP contribution in [0.15, 0.2) is 53.6 Å². The van der Waals surface area contributed by atoms with E-state index in [9.17, 15) is 9.59 Å². The standard InChI is InChI=1S/C15H10N2O3/c18-14-12(15(19)20)7-9(8-17-14)10-5-6-16-13-4-2-1-3-11(10)13/h1-8H,(H,17,18)(H,19,20). The van der Waals surface area contributed by atoms with E-state index >= 15 is 0 Å². The van der Waals surface area contributed by atoms with E-state index < -0.39 is 11.5 Å². The van der Waals surface area contributed by atoms with E-state index in [1.807, 2.05) is 24.3 Å². The molecule has 0 fully saturated rings. The Morgan fingerprint density at radius 1 is 1.20 bits per heavy atom. The lowest BCUT2D eigenvalue weighted by Gasteiger charge is -2.06. The number of nitrogens with one attached hydrogen (secondary N) is 1. The molecule has 0 spiro atoms. The van der Waals surface area contributed by atoms with Crippen LogP contribution >= 0.6 is 0 Å². The molecular formula is C15H10N2O3. The molecule has 5 nitrogen and oxygen atoms in total. The highest BCUT2D eigenvalue weighted by Gasteiger charge is 2.11. The molecule has 2 N–H and O–H groups in total. The zero-order chi connectivity index (χ0) is 14.1. The number of nitrogens with zero attached hydrogens (tertiary/aromatic N) is 1. The van der Waals surface area contributed by atoms with Gasteiger partial charge in [0.05, 0.1) is 5.52 Å². The lowest BCUT2D eigenvalue weighted by atomic mass is 10.0. The minimum absolute atomic E-state index is 0.275. The van der Waals surface area contributed by atoms with Gasteiger partial charge in [0, 0.05) is 17.8 Å². The van der Waals surface area contributed by atoms with Gasteiger partial charge in [0.2, 0.25) is 0 Å². The maximum absolute atomic E-state index is 11.5. The van der Waals surface area contributed by atoms with Crippen molar-refractivity contribution in [2.75, 3.05) is 0 Å². The van der Waals surface area contributed by atoms with Gasteiger partial charge >= 0.3 is 5.97 Å². The molecule has 2 heterocycles. The molecule has 0 aliphatic carbocycles. The number of H-pyrrole nitrogens is 1. The summed E-state index contributed by atoms with van der Waals surface area (Å²) in [6.07, 6.45) is 3.17. The quantitative estimate of drug-likeness (QED) is 0.745. The summed E-state index contributed by atoms with van der Waals surface area (Å²) in [5.74, 6) is -1.24. The molecule has 0 atom stereocenters. The molecule has 0 amide bonds. The monoisotopic (exact) mass is 266 g/mol. The number of fused-ring (bicyclic) bond motifs is 1. The third kappa shape index (κ3) is 1.95. The van der Waals surface area contributed by atoms with Crippen molar-refractivity contribution in [1.29, 1.82) is 0 Å². The smallest absolute Gasteiger partial charge is 0.341 e. The summed E-state index contributed by atoms with van der Waals surface area (Å²) >= 11 is 0. The first-order valence-electron chi connectivity index (χ1n) is 5.97. The minimum atomic E-state index is -1.24. The number of aromatic amines is 1. The second-order valence-corrected chi connectivity index (χ2v) is 4.31. The van der Waals surface area contributed by atoms with Gasteiger partial charge in [0.25, 0.3) is 5.56 Å². The molecule has 0 saturated heterocycles. The van der Waals surface area contributed by atoms with E-state index in [0.717, 1.165) is 16.5 Å². The van der Waals surface area contributed by atoms with Gasteiger partial charge in [-0.15, -0.1) is 0 Å². The molecule has 3 aromatic rings. The van der Waals surface area contributed by atoms with Crippen molar-refractivity contribution in [1.82, 2.24) is 9.97 Å². The molecule has 0 unspecified atom stereocenters. The minimum Gasteiger partial charge on any atom is -0.477 e. The molecule has 0 saturated carbocycles. The van der Waals surface area contributed by atoms with Gasteiger partial charge in [-0.1, -0.05) is 18.2 Å². The van der Waals surface area contributed by atoms with E-state index in [-0.39, 0.29) is 5.56 Å². The van der Waals surface area contributed by atoms with Crippen LogP contribution in [0.1, 0.15) is 10.4 Å². The fourth-order valence-corrected chi connectivity index (χ4v) is 2.15. The Balaban J connectivity index is 2.29. The van der Waals surface area contributed by atoms with Crippen molar-refractivity contribution >= 4 is 16.9 Å². The molecule has 3 rings (SSSR count). The molecule has 98 valence electrons. The lowest BCUT2D eigenvalue weighted by molar-refractivity contribution is 0.0695. The van der Waals surface area contributed by atoms with Crippen LogP contribution < -0.4 is 5.56 Å². The molecule has 0 aliphatic heterocycles. The third-order valence-electron chi connectivity index (χ3n) is 3.09. The van der Waals surface area contributed by atoms with Crippen molar-refractivity contribution in [2.24, 2.45) is 0 Å². The zero-order valence-electron chi connectivity index (χ0n) is 10.3. The summed E-state index contributed by atoms with van der Waals surface area (Å²) in [4.78, 5) is 29.2. The number of benzene rings is 1. The van der Waals surface area contributed by atoms with Crippen LogP contribution in [0, 0.1) is 0 Å². The van der Waals surface area contributed by atoms with E-state index in [0.29, 0.717) is 5.56 Å². The van der Waals surface area contributed by atoms with Gasteiger partial charge in [-0.3, -0.25) is 9.78 Å². The third-order valence-corrected chi connectivity index (χ3v) is 3.09. The number of carboxylic acids is 1. The summed E-state index contributed by atoms with van der Waals surface area (Å²) in [6.45, 7) is 0. The number of para-hydroxylation sites is 1. The molecule has 0 bridgehead atoms. The van der Waals surface area contributed by atoms with Crippen LogP contribution in [0.3, 0.4) is 0 Å². The first kappa shape index (κ1) is 12.1. The normalized spacial score (nSPS) is 10.6. The number of hydrogen-bond acceptors (Lipinski definition) is 3. The van der Waals surface area contributed by atoms with E-state index in [2.05, 4.69) is 9.97 Å². The number of aromatic nitrogens is 2. The van der Waals surface area contributed by atoms with Gasteiger partial charge in [0.1, 0.15) is 5.56 Å². The van der Waals surface area contributed by atoms with Crippen molar-refractivity contribution < 1.29 is 9.90 Å². The van der Waals surface area contributed by atoms with Crippen LogP contribution in [0.2, 0.25) is 0 Å². The highest BCUT2D eigenvalue weighted by Crippen LogP contribution is 2.26. The fraction of sp³-hybridized carbons (Fsp3) is 0. The maximum Gasteiger partial charge on any atom is 0.341 e. The maximum atomic E-state index is 11.5. The topological polar surface area (TPSA) is 83.0 Å². The summed E-state index contributed by atoms with van der Waals surface area (Å²) < 4.78 is 0. The van der Waals surface area contributed by atoms with E-state index in [1.54, 1.807) is 12.3 Å². The van der Waals surface area contributed by atoms with Crippen molar-refractivity contribution in [2.45, 2.75) is 0 Å². The van der Waals surface area contributed by atoms with Crippen LogP contribution in [-0.4, -0.2) is 21.0 Å². The predicted molar refractivity (Wildman–Crippen MR) is 74.8 cm³/mol. The van der Waals surface area contributed by atoms with Gasteiger partial charge in [-0.05, 0) is 29.3 Å². The number of carbonyl (C=O) groups is 1. The Bertz CT molecular complexity index is 863. The fourth-order valence-electron chi connectivity index (χ4n) is 2.15. The number of aromatic carboxylic acids is 1. The number of rotatable bonds is 2. The van der Waals surface area contributed by atoms with E-state index in [1.165, 1.54) is 12.3 Å². The largest absolute Gasteiger partial charge is 0.477 e. The van der Waals surface area contributed by atoms with Crippen LogP contribution in [-0.2, 0) is 0 Å². The molecule has 1 aromatic carbocycles. The summed E-state index contributed by atoms with van der Waals surface area (Å²) in [6, 6.07) is 10.7. The molecule has 20 heavy (non-hydrogen) atoms. The molecule has 0 radical (unpaired) electrons. The number of pyridine rings is 2. The second kappa shape index (κ2) is 4.62. The van der Waals surface area contributed by atoms with Crippen LogP contribution in [0.25, 0.3) is 22.0 Å². The first-order valence-corrected chi connectivity index (χ1v) is 5.97. The molecule has 2 aromatic heterocycles. The Labute approximate surface area is 113 Å². The Hall–Kier alpha value is -2.95. The van der Waals surface area contributed by atoms with Gasteiger partial charge in [-0.25, -0.2) is 4.79 Å². The summed E-state index contributed by atoms with van der Waals surface area (Å²) in [5, 5.41) is 9.92. The SMILES string of the molecule is O=C(O)c1cc(-c2ccnc3ccccc23)c[nH]c1=O. The van der Waals surface area contributed by atoms with Crippen molar-refractivity contribution in [3.05, 3.63) is 64.7 Å². The highest BCUT2D eigenvalue weighted by atomic mass is 16.4. The van der Waals surface area contributed by atoms with Gasteiger partial charge in [0.15, 0.2) is 0 Å². The van der Waals surface area contributed by atoms with Crippen LogP contribution in [0.4, 0.5) is 0 Å². The highest BCUT2D eigenvalue weighted by molar-refractivity contribution is 5.96. The number of hydrogen-bond donors (Lipinski definition) is 2. The van der Waals surface area contributed by atoms with Gasteiger partial charge < -0.3 is 10.1 Å². The van der Waals surface area contributed by atoms with Crippen LogP contribution in [0.5, 0.6) is 0 Å². The average Bonchev–Trinajstić information content (AvgIpc) is 2.47. The molecule has 0 aliphatic rings. The van der Waals surface area contributed by atoms with E-state index in [4.69, 9.17) is 5.11 Å².